The van der Waals surface area contributed by atoms with Gasteiger partial charge in [0.1, 0.15) is 0 Å². The van der Waals surface area contributed by atoms with Crippen molar-refractivity contribution in [2.75, 3.05) is 0 Å². The first-order valence-corrected chi connectivity index (χ1v) is 4.29. The molecule has 0 aliphatic carbocycles. The summed E-state index contributed by atoms with van der Waals surface area (Å²) in [4.78, 5) is 0. The lowest BCUT2D eigenvalue weighted by molar-refractivity contribution is -0.152. The van der Waals surface area contributed by atoms with E-state index in [0.717, 1.165) is 12.8 Å². The van der Waals surface area contributed by atoms with Crippen LogP contribution in [0.2, 0.25) is 0 Å². The third kappa shape index (κ3) is 2.04. The van der Waals surface area contributed by atoms with Crippen molar-refractivity contribution in [3.05, 3.63) is 12.2 Å². The Kier molecular flexibility index (Phi) is 3.09. The van der Waals surface area contributed by atoms with Crippen LogP contribution in [-0.4, -0.2) is 17.5 Å². The van der Waals surface area contributed by atoms with E-state index in [0.29, 0.717) is 0 Å². The maximum absolute atomic E-state index is 9.40. The van der Waals surface area contributed by atoms with Crippen molar-refractivity contribution in [1.29, 1.82) is 0 Å². The van der Waals surface area contributed by atoms with E-state index in [9.17, 15) is 5.11 Å². The second-order valence-electron chi connectivity index (χ2n) is 2.93. The Bertz CT molecular complexity index is 142. The summed E-state index contributed by atoms with van der Waals surface area (Å²) in [6.45, 7) is 4.10. The van der Waals surface area contributed by atoms with Gasteiger partial charge in [0.2, 0.25) is 0 Å². The van der Waals surface area contributed by atoms with Gasteiger partial charge in [-0.15, -0.1) is 0 Å². The van der Waals surface area contributed by atoms with E-state index in [1.807, 2.05) is 19.9 Å². The van der Waals surface area contributed by atoms with Gasteiger partial charge in [-0.05, 0) is 12.8 Å². The Morgan fingerprint density at radius 2 is 2.00 bits per heavy atom. The maximum atomic E-state index is 9.40. The van der Waals surface area contributed by atoms with Crippen LogP contribution in [0.25, 0.3) is 0 Å². The van der Waals surface area contributed by atoms with Gasteiger partial charge in [-0.2, -0.15) is 0 Å². The minimum Gasteiger partial charge on any atom is -0.367 e. The average molecular weight is 156 g/mol. The van der Waals surface area contributed by atoms with Crippen LogP contribution in [0.3, 0.4) is 0 Å². The van der Waals surface area contributed by atoms with Crippen molar-refractivity contribution in [1.82, 2.24) is 0 Å². The Morgan fingerprint density at radius 3 is 2.45 bits per heavy atom. The number of rotatable bonds is 2. The SMILES string of the molecule is CCC1C=CC(CC)C(O)O1. The highest BCUT2D eigenvalue weighted by molar-refractivity contribution is 4.98. The second-order valence-corrected chi connectivity index (χ2v) is 2.93. The summed E-state index contributed by atoms with van der Waals surface area (Å²) in [6, 6.07) is 0. The van der Waals surface area contributed by atoms with Crippen LogP contribution < -0.4 is 0 Å². The molecule has 1 heterocycles. The zero-order valence-corrected chi connectivity index (χ0v) is 7.16. The molecular formula is C9H16O2. The van der Waals surface area contributed by atoms with Gasteiger partial charge in [0.15, 0.2) is 6.29 Å². The molecule has 2 nitrogen and oxygen atoms in total. The van der Waals surface area contributed by atoms with Crippen molar-refractivity contribution in [3.8, 4) is 0 Å². The van der Waals surface area contributed by atoms with Crippen molar-refractivity contribution in [2.45, 2.75) is 39.1 Å². The van der Waals surface area contributed by atoms with Gasteiger partial charge in [-0.25, -0.2) is 0 Å². The topological polar surface area (TPSA) is 29.5 Å². The van der Waals surface area contributed by atoms with Crippen molar-refractivity contribution >= 4 is 0 Å². The molecule has 1 rings (SSSR count). The molecule has 2 heteroatoms. The van der Waals surface area contributed by atoms with Gasteiger partial charge in [-0.3, -0.25) is 0 Å². The molecule has 64 valence electrons. The Labute approximate surface area is 67.9 Å². The lowest BCUT2D eigenvalue weighted by atomic mass is 10.0. The number of aliphatic hydroxyl groups is 1. The molecule has 0 bridgehead atoms. The number of ether oxygens (including phenoxy) is 1. The number of hydrogen-bond donors (Lipinski definition) is 1. The van der Waals surface area contributed by atoms with E-state index in [1.165, 1.54) is 0 Å². The first-order valence-electron chi connectivity index (χ1n) is 4.29. The molecule has 11 heavy (non-hydrogen) atoms. The average Bonchev–Trinajstić information content (AvgIpc) is 2.04. The number of aliphatic hydroxyl groups excluding tert-OH is 1. The van der Waals surface area contributed by atoms with Crippen molar-refractivity contribution in [3.63, 3.8) is 0 Å². The maximum Gasteiger partial charge on any atom is 0.161 e. The molecule has 3 unspecified atom stereocenters. The highest BCUT2D eigenvalue weighted by Crippen LogP contribution is 2.20. The van der Waals surface area contributed by atoms with E-state index < -0.39 is 6.29 Å². The van der Waals surface area contributed by atoms with Gasteiger partial charge in [0.05, 0.1) is 6.10 Å². The summed E-state index contributed by atoms with van der Waals surface area (Å²) in [5, 5.41) is 9.40. The summed E-state index contributed by atoms with van der Waals surface area (Å²) in [5.74, 6) is 0.192. The number of hydrogen-bond acceptors (Lipinski definition) is 2. The molecule has 3 atom stereocenters. The van der Waals surface area contributed by atoms with Crippen LogP contribution in [0.15, 0.2) is 12.2 Å². The third-order valence-electron chi connectivity index (χ3n) is 2.13. The molecule has 1 aliphatic rings. The minimum absolute atomic E-state index is 0.118. The van der Waals surface area contributed by atoms with E-state index in [4.69, 9.17) is 4.74 Å². The van der Waals surface area contributed by atoms with Crippen LogP contribution in [0.4, 0.5) is 0 Å². The molecule has 0 saturated heterocycles. The summed E-state index contributed by atoms with van der Waals surface area (Å²) in [5.41, 5.74) is 0. The molecule has 0 aromatic heterocycles. The lowest BCUT2D eigenvalue weighted by Crippen LogP contribution is -2.30. The first-order chi connectivity index (χ1) is 5.27. The molecule has 1 N–H and O–H groups in total. The van der Waals surface area contributed by atoms with Gasteiger partial charge in [0, 0.05) is 5.92 Å². The summed E-state index contributed by atoms with van der Waals surface area (Å²) in [6.07, 6.45) is 5.50. The van der Waals surface area contributed by atoms with Gasteiger partial charge in [-0.1, -0.05) is 26.0 Å². The quantitative estimate of drug-likeness (QED) is 0.616. The zero-order chi connectivity index (χ0) is 8.27. The highest BCUT2D eigenvalue weighted by atomic mass is 16.6. The van der Waals surface area contributed by atoms with E-state index in [1.54, 1.807) is 0 Å². The minimum atomic E-state index is -0.588. The molecule has 1 aliphatic heterocycles. The first kappa shape index (κ1) is 8.75. The third-order valence-corrected chi connectivity index (χ3v) is 2.13. The largest absolute Gasteiger partial charge is 0.367 e. The Balaban J connectivity index is 2.51. The van der Waals surface area contributed by atoms with Gasteiger partial charge in [0.25, 0.3) is 0 Å². The smallest absolute Gasteiger partial charge is 0.161 e. The zero-order valence-electron chi connectivity index (χ0n) is 7.16. The predicted octanol–water partition coefficient (Wildman–Crippen LogP) is 1.70. The normalized spacial score (nSPS) is 37.5. The van der Waals surface area contributed by atoms with Crippen LogP contribution in [0, 0.1) is 5.92 Å². The highest BCUT2D eigenvalue weighted by Gasteiger charge is 2.22. The lowest BCUT2D eigenvalue weighted by Gasteiger charge is -2.27. The molecule has 0 aromatic rings. The fourth-order valence-corrected chi connectivity index (χ4v) is 1.26. The molecule has 0 amide bonds. The predicted molar refractivity (Wildman–Crippen MR) is 44.1 cm³/mol. The second kappa shape index (κ2) is 3.88. The van der Waals surface area contributed by atoms with Gasteiger partial charge < -0.3 is 9.84 Å². The molecular weight excluding hydrogens is 140 g/mol. The summed E-state index contributed by atoms with van der Waals surface area (Å²) in [7, 11) is 0. The molecule has 0 spiro atoms. The van der Waals surface area contributed by atoms with Crippen LogP contribution in [-0.2, 0) is 4.74 Å². The standard InChI is InChI=1S/C9H16O2/c1-3-7-5-6-8(4-2)11-9(7)10/h5-10H,3-4H2,1-2H3. The molecule has 0 aromatic carbocycles. The van der Waals surface area contributed by atoms with Crippen LogP contribution in [0.5, 0.6) is 0 Å². The Hall–Kier alpha value is -0.340. The van der Waals surface area contributed by atoms with E-state index in [2.05, 4.69) is 6.08 Å². The fraction of sp³-hybridized carbons (Fsp3) is 0.778. The van der Waals surface area contributed by atoms with Crippen LogP contribution >= 0.6 is 0 Å². The fourth-order valence-electron chi connectivity index (χ4n) is 1.26. The van der Waals surface area contributed by atoms with E-state index in [-0.39, 0.29) is 12.0 Å². The Morgan fingerprint density at radius 1 is 1.27 bits per heavy atom. The van der Waals surface area contributed by atoms with E-state index >= 15 is 0 Å². The summed E-state index contributed by atoms with van der Waals surface area (Å²) >= 11 is 0. The van der Waals surface area contributed by atoms with Crippen LogP contribution in [0.1, 0.15) is 26.7 Å². The van der Waals surface area contributed by atoms with Crippen molar-refractivity contribution in [2.24, 2.45) is 5.92 Å². The monoisotopic (exact) mass is 156 g/mol. The molecule has 0 saturated carbocycles. The van der Waals surface area contributed by atoms with Crippen molar-refractivity contribution < 1.29 is 9.84 Å². The summed E-state index contributed by atoms with van der Waals surface area (Å²) < 4.78 is 5.31. The molecule has 0 fully saturated rings. The van der Waals surface area contributed by atoms with Gasteiger partial charge >= 0.3 is 0 Å². The molecule has 0 radical (unpaired) electrons.